The minimum Gasteiger partial charge on any atom is -0.497 e. The lowest BCUT2D eigenvalue weighted by Crippen LogP contribution is -2.07. The molecular weight excluding hydrogens is 242 g/mol. The first-order valence-electron chi connectivity index (χ1n) is 6.11. The Labute approximate surface area is 112 Å². The van der Waals surface area contributed by atoms with E-state index in [1.54, 1.807) is 19.4 Å². The van der Waals surface area contributed by atoms with Crippen molar-refractivity contribution in [2.45, 2.75) is 13.0 Å². The number of aliphatic hydroxyl groups excluding tert-OH is 1. The van der Waals surface area contributed by atoms with Crippen molar-refractivity contribution in [1.82, 2.24) is 9.97 Å². The molecule has 0 aliphatic heterocycles. The van der Waals surface area contributed by atoms with Gasteiger partial charge in [0.2, 0.25) is 0 Å². The molecule has 0 aliphatic carbocycles. The zero-order chi connectivity index (χ0) is 13.5. The van der Waals surface area contributed by atoms with Crippen molar-refractivity contribution in [3.63, 3.8) is 0 Å². The summed E-state index contributed by atoms with van der Waals surface area (Å²) in [4.78, 5) is 8.09. The molecule has 0 aliphatic rings. The monoisotopic (exact) mass is 259 g/mol. The Morgan fingerprint density at radius 2 is 2.00 bits per heavy atom. The zero-order valence-electron chi connectivity index (χ0n) is 10.8. The lowest BCUT2D eigenvalue weighted by molar-refractivity contribution is 0.271. The highest BCUT2D eigenvalue weighted by molar-refractivity contribution is 5.33. The van der Waals surface area contributed by atoms with Crippen LogP contribution in [-0.4, -0.2) is 28.7 Å². The summed E-state index contributed by atoms with van der Waals surface area (Å²) in [5, 5.41) is 12.2. The van der Waals surface area contributed by atoms with Crippen LogP contribution in [0.5, 0.6) is 5.75 Å². The number of aromatic nitrogens is 2. The second-order valence-electron chi connectivity index (χ2n) is 4.04. The molecular formula is C14H17N3O2. The highest BCUT2D eigenvalue weighted by Crippen LogP contribution is 2.11. The predicted octanol–water partition coefficient (Wildman–Crippen LogP) is 1.63. The van der Waals surface area contributed by atoms with E-state index in [9.17, 15) is 0 Å². The van der Waals surface area contributed by atoms with Crippen LogP contribution in [0.25, 0.3) is 0 Å². The second-order valence-corrected chi connectivity index (χ2v) is 4.04. The average molecular weight is 259 g/mol. The van der Waals surface area contributed by atoms with Crippen LogP contribution >= 0.6 is 0 Å². The van der Waals surface area contributed by atoms with Crippen molar-refractivity contribution in [3.05, 3.63) is 47.9 Å². The van der Waals surface area contributed by atoms with Gasteiger partial charge in [-0.3, -0.25) is 0 Å². The molecule has 2 aromatic rings. The Hall–Kier alpha value is -2.14. The van der Waals surface area contributed by atoms with Gasteiger partial charge in [0, 0.05) is 12.7 Å². The van der Waals surface area contributed by atoms with Crippen molar-refractivity contribution >= 4 is 5.82 Å². The maximum absolute atomic E-state index is 8.95. The van der Waals surface area contributed by atoms with Crippen molar-refractivity contribution in [1.29, 1.82) is 0 Å². The van der Waals surface area contributed by atoms with Gasteiger partial charge in [0.1, 0.15) is 18.2 Å². The SMILES string of the molecule is COc1ccc(CCNc2ccnc(CO)n2)cc1. The van der Waals surface area contributed by atoms with Crippen LogP contribution in [0.2, 0.25) is 0 Å². The van der Waals surface area contributed by atoms with E-state index in [0.717, 1.165) is 24.5 Å². The van der Waals surface area contributed by atoms with Crippen LogP contribution < -0.4 is 10.1 Å². The summed E-state index contributed by atoms with van der Waals surface area (Å²) in [5.41, 5.74) is 1.23. The van der Waals surface area contributed by atoms with Gasteiger partial charge in [-0.25, -0.2) is 9.97 Å². The summed E-state index contributed by atoms with van der Waals surface area (Å²) in [5.74, 6) is 2.02. The van der Waals surface area contributed by atoms with E-state index in [4.69, 9.17) is 9.84 Å². The molecule has 0 amide bonds. The van der Waals surface area contributed by atoms with Crippen LogP contribution in [0.1, 0.15) is 11.4 Å². The molecule has 100 valence electrons. The first-order valence-corrected chi connectivity index (χ1v) is 6.11. The molecule has 0 bridgehead atoms. The fourth-order valence-corrected chi connectivity index (χ4v) is 1.70. The molecule has 0 saturated heterocycles. The number of hydrogen-bond donors (Lipinski definition) is 2. The van der Waals surface area contributed by atoms with Gasteiger partial charge in [-0.05, 0) is 30.2 Å². The standard InChI is InChI=1S/C14H17N3O2/c1-19-12-4-2-11(3-5-12)6-8-15-13-7-9-16-14(10-18)17-13/h2-5,7,9,18H,6,8,10H2,1H3,(H,15,16,17). The minimum absolute atomic E-state index is 0.145. The summed E-state index contributed by atoms with van der Waals surface area (Å²) in [6.45, 7) is 0.627. The molecule has 0 spiro atoms. The molecule has 5 heteroatoms. The van der Waals surface area contributed by atoms with Gasteiger partial charge in [-0.2, -0.15) is 0 Å². The summed E-state index contributed by atoms with van der Waals surface area (Å²) < 4.78 is 5.11. The molecule has 0 unspecified atom stereocenters. The van der Waals surface area contributed by atoms with Gasteiger partial charge in [-0.1, -0.05) is 12.1 Å². The van der Waals surface area contributed by atoms with Gasteiger partial charge in [0.25, 0.3) is 0 Å². The molecule has 1 aromatic carbocycles. The average Bonchev–Trinajstić information content (AvgIpc) is 2.48. The number of nitrogens with zero attached hydrogens (tertiary/aromatic N) is 2. The fraction of sp³-hybridized carbons (Fsp3) is 0.286. The van der Waals surface area contributed by atoms with Crippen molar-refractivity contribution in [2.75, 3.05) is 19.0 Å². The normalized spacial score (nSPS) is 10.2. The smallest absolute Gasteiger partial charge is 0.156 e. The van der Waals surface area contributed by atoms with E-state index >= 15 is 0 Å². The number of nitrogens with one attached hydrogen (secondary N) is 1. The number of hydrogen-bond acceptors (Lipinski definition) is 5. The van der Waals surface area contributed by atoms with Crippen LogP contribution in [-0.2, 0) is 13.0 Å². The number of methoxy groups -OCH3 is 1. The van der Waals surface area contributed by atoms with E-state index in [-0.39, 0.29) is 6.61 Å². The molecule has 0 atom stereocenters. The molecule has 2 rings (SSSR count). The van der Waals surface area contributed by atoms with E-state index in [1.165, 1.54) is 5.56 Å². The first-order chi connectivity index (χ1) is 9.31. The van der Waals surface area contributed by atoms with Crippen LogP contribution in [0.15, 0.2) is 36.5 Å². The third-order valence-corrected chi connectivity index (χ3v) is 2.73. The molecule has 0 saturated carbocycles. The van der Waals surface area contributed by atoms with Crippen molar-refractivity contribution in [3.8, 4) is 5.75 Å². The number of ether oxygens (including phenoxy) is 1. The largest absolute Gasteiger partial charge is 0.497 e. The Balaban J connectivity index is 1.85. The van der Waals surface area contributed by atoms with Gasteiger partial charge in [0.15, 0.2) is 5.82 Å². The summed E-state index contributed by atoms with van der Waals surface area (Å²) in [6, 6.07) is 9.76. The highest BCUT2D eigenvalue weighted by Gasteiger charge is 1.98. The molecule has 1 heterocycles. The Kier molecular flexibility index (Phi) is 4.69. The zero-order valence-corrected chi connectivity index (χ0v) is 10.8. The molecule has 5 nitrogen and oxygen atoms in total. The highest BCUT2D eigenvalue weighted by atomic mass is 16.5. The fourth-order valence-electron chi connectivity index (χ4n) is 1.70. The topological polar surface area (TPSA) is 67.3 Å². The van der Waals surface area contributed by atoms with Gasteiger partial charge >= 0.3 is 0 Å². The van der Waals surface area contributed by atoms with Crippen LogP contribution in [0.3, 0.4) is 0 Å². The Morgan fingerprint density at radius 1 is 1.21 bits per heavy atom. The molecule has 19 heavy (non-hydrogen) atoms. The van der Waals surface area contributed by atoms with Gasteiger partial charge in [0.05, 0.1) is 7.11 Å². The van der Waals surface area contributed by atoms with E-state index < -0.39 is 0 Å². The molecule has 0 radical (unpaired) electrons. The summed E-state index contributed by atoms with van der Waals surface area (Å²) >= 11 is 0. The van der Waals surface area contributed by atoms with E-state index in [1.807, 2.05) is 24.3 Å². The quantitative estimate of drug-likeness (QED) is 0.825. The van der Waals surface area contributed by atoms with Crippen molar-refractivity contribution < 1.29 is 9.84 Å². The van der Waals surface area contributed by atoms with Crippen molar-refractivity contribution in [2.24, 2.45) is 0 Å². The maximum atomic E-state index is 8.95. The van der Waals surface area contributed by atoms with E-state index in [0.29, 0.717) is 5.82 Å². The van der Waals surface area contributed by atoms with Crippen LogP contribution in [0.4, 0.5) is 5.82 Å². The van der Waals surface area contributed by atoms with E-state index in [2.05, 4.69) is 15.3 Å². The summed E-state index contributed by atoms with van der Waals surface area (Å²) in [7, 11) is 1.66. The third-order valence-electron chi connectivity index (χ3n) is 2.73. The first kappa shape index (κ1) is 13.3. The molecule has 1 aromatic heterocycles. The third kappa shape index (κ3) is 3.93. The molecule has 2 N–H and O–H groups in total. The number of benzene rings is 1. The summed E-state index contributed by atoms with van der Waals surface area (Å²) in [6.07, 6.45) is 2.52. The molecule has 0 fully saturated rings. The second kappa shape index (κ2) is 6.70. The predicted molar refractivity (Wildman–Crippen MR) is 73.1 cm³/mol. The lowest BCUT2D eigenvalue weighted by atomic mass is 10.1. The Bertz CT molecular complexity index is 514. The number of rotatable bonds is 6. The maximum Gasteiger partial charge on any atom is 0.156 e. The van der Waals surface area contributed by atoms with Gasteiger partial charge < -0.3 is 15.2 Å². The number of anilines is 1. The van der Waals surface area contributed by atoms with Gasteiger partial charge in [-0.15, -0.1) is 0 Å². The minimum atomic E-state index is -0.145. The van der Waals surface area contributed by atoms with Crippen LogP contribution in [0, 0.1) is 0 Å². The lowest BCUT2D eigenvalue weighted by Gasteiger charge is -2.07. The number of aliphatic hydroxyl groups is 1. The Morgan fingerprint density at radius 3 is 2.68 bits per heavy atom.